The minimum Gasteiger partial charge on any atom is -0.467 e. The summed E-state index contributed by atoms with van der Waals surface area (Å²) < 4.78 is 24.5. The van der Waals surface area contributed by atoms with Crippen LogP contribution in [0, 0.1) is 12.7 Å². The van der Waals surface area contributed by atoms with E-state index in [9.17, 15) is 9.18 Å². The molecule has 6 heteroatoms. The number of carbonyl (C=O) groups is 1. The van der Waals surface area contributed by atoms with Crippen LogP contribution in [0.4, 0.5) is 10.1 Å². The van der Waals surface area contributed by atoms with E-state index in [1.165, 1.54) is 19.6 Å². The Morgan fingerprint density at radius 2 is 2.09 bits per heavy atom. The van der Waals surface area contributed by atoms with E-state index in [1.807, 2.05) is 31.2 Å². The van der Waals surface area contributed by atoms with E-state index < -0.39 is 17.8 Å². The van der Waals surface area contributed by atoms with Crippen LogP contribution in [0.15, 0.2) is 47.2 Å². The summed E-state index contributed by atoms with van der Waals surface area (Å²) in [6, 6.07) is 9.55. The van der Waals surface area contributed by atoms with Gasteiger partial charge in [0.05, 0.1) is 7.11 Å². The SMILES string of the molecule is COC(=O)C(Nc1ccccc1C)c1ccc2ncoc2c1F. The number of hydrogen-bond acceptors (Lipinski definition) is 5. The molecule has 3 rings (SSSR count). The van der Waals surface area contributed by atoms with Crippen molar-refractivity contribution in [1.29, 1.82) is 0 Å². The Bertz CT molecular complexity index is 860. The van der Waals surface area contributed by atoms with Crippen LogP contribution in [-0.4, -0.2) is 18.1 Å². The quantitative estimate of drug-likeness (QED) is 0.745. The Morgan fingerprint density at radius 3 is 2.83 bits per heavy atom. The van der Waals surface area contributed by atoms with Gasteiger partial charge in [0.15, 0.2) is 23.8 Å². The number of nitrogens with zero attached hydrogens (tertiary/aromatic N) is 1. The highest BCUT2D eigenvalue weighted by molar-refractivity contribution is 5.84. The Kier molecular flexibility index (Phi) is 3.97. The van der Waals surface area contributed by atoms with E-state index in [0.717, 1.165) is 11.3 Å². The number of benzene rings is 2. The molecule has 5 nitrogen and oxygen atoms in total. The fraction of sp³-hybridized carbons (Fsp3) is 0.176. The van der Waals surface area contributed by atoms with Crippen LogP contribution in [0.25, 0.3) is 11.1 Å². The standard InChI is InChI=1S/C17H15FN2O3/c1-10-5-3-4-6-12(10)20-15(17(21)22-2)11-7-8-13-16(14(11)18)23-9-19-13/h3-9,15,20H,1-2H3. The second-order valence-corrected chi connectivity index (χ2v) is 5.08. The first-order valence-corrected chi connectivity index (χ1v) is 7.03. The van der Waals surface area contributed by atoms with Gasteiger partial charge in [0.1, 0.15) is 5.52 Å². The van der Waals surface area contributed by atoms with Gasteiger partial charge in [0, 0.05) is 11.3 Å². The number of rotatable bonds is 4. The molecule has 1 unspecified atom stereocenters. The van der Waals surface area contributed by atoms with Gasteiger partial charge in [0.25, 0.3) is 0 Å². The highest BCUT2D eigenvalue weighted by Crippen LogP contribution is 2.29. The first kappa shape index (κ1) is 15.0. The topological polar surface area (TPSA) is 64.4 Å². The van der Waals surface area contributed by atoms with Gasteiger partial charge >= 0.3 is 5.97 Å². The molecule has 1 atom stereocenters. The number of aryl methyl sites for hydroxylation is 1. The van der Waals surface area contributed by atoms with Crippen LogP contribution in [0.5, 0.6) is 0 Å². The number of methoxy groups -OCH3 is 1. The normalized spacial score (nSPS) is 12.1. The van der Waals surface area contributed by atoms with Gasteiger partial charge in [-0.15, -0.1) is 0 Å². The Hall–Kier alpha value is -2.89. The monoisotopic (exact) mass is 314 g/mol. The zero-order valence-corrected chi connectivity index (χ0v) is 12.7. The molecule has 1 N–H and O–H groups in total. The highest BCUT2D eigenvalue weighted by Gasteiger charge is 2.27. The van der Waals surface area contributed by atoms with Crippen molar-refractivity contribution in [2.45, 2.75) is 13.0 Å². The molecular weight excluding hydrogens is 299 g/mol. The number of ether oxygens (including phenoxy) is 1. The summed E-state index contributed by atoms with van der Waals surface area (Å²) >= 11 is 0. The number of aromatic nitrogens is 1. The van der Waals surface area contributed by atoms with Crippen molar-refractivity contribution in [3.63, 3.8) is 0 Å². The van der Waals surface area contributed by atoms with Gasteiger partial charge < -0.3 is 14.5 Å². The van der Waals surface area contributed by atoms with Crippen LogP contribution >= 0.6 is 0 Å². The van der Waals surface area contributed by atoms with Gasteiger partial charge in [-0.2, -0.15) is 0 Å². The molecule has 1 aromatic heterocycles. The number of para-hydroxylation sites is 1. The average molecular weight is 314 g/mol. The smallest absolute Gasteiger partial charge is 0.333 e. The van der Waals surface area contributed by atoms with Gasteiger partial charge in [-0.3, -0.25) is 0 Å². The fourth-order valence-corrected chi connectivity index (χ4v) is 2.41. The van der Waals surface area contributed by atoms with Crippen LogP contribution < -0.4 is 5.32 Å². The first-order valence-electron chi connectivity index (χ1n) is 7.03. The third-order valence-electron chi connectivity index (χ3n) is 3.66. The van der Waals surface area contributed by atoms with Crippen molar-refractivity contribution in [3.05, 3.63) is 59.7 Å². The summed E-state index contributed by atoms with van der Waals surface area (Å²) in [5.41, 5.74) is 2.21. The van der Waals surface area contributed by atoms with Crippen molar-refractivity contribution < 1.29 is 18.3 Å². The van der Waals surface area contributed by atoms with E-state index in [2.05, 4.69) is 10.3 Å². The third kappa shape index (κ3) is 2.75. The number of oxazole rings is 1. The second-order valence-electron chi connectivity index (χ2n) is 5.08. The number of nitrogens with one attached hydrogen (secondary N) is 1. The van der Waals surface area contributed by atoms with E-state index in [1.54, 1.807) is 6.07 Å². The van der Waals surface area contributed by atoms with E-state index in [-0.39, 0.29) is 11.1 Å². The number of hydrogen-bond donors (Lipinski definition) is 1. The molecule has 0 saturated carbocycles. The maximum absolute atomic E-state index is 14.7. The molecule has 0 aliphatic heterocycles. The Morgan fingerprint density at radius 1 is 1.30 bits per heavy atom. The lowest BCUT2D eigenvalue weighted by atomic mass is 10.0. The maximum Gasteiger partial charge on any atom is 0.333 e. The molecule has 3 aromatic rings. The Labute approximate surface area is 132 Å². The minimum absolute atomic E-state index is 0.0167. The largest absolute Gasteiger partial charge is 0.467 e. The van der Waals surface area contributed by atoms with Crippen LogP contribution in [0.1, 0.15) is 17.2 Å². The molecule has 0 saturated heterocycles. The molecule has 2 aromatic carbocycles. The summed E-state index contributed by atoms with van der Waals surface area (Å²) in [5, 5.41) is 3.04. The van der Waals surface area contributed by atoms with Crippen molar-refractivity contribution in [2.75, 3.05) is 12.4 Å². The molecule has 0 aliphatic carbocycles. The zero-order chi connectivity index (χ0) is 16.4. The lowest BCUT2D eigenvalue weighted by molar-refractivity contribution is -0.141. The van der Waals surface area contributed by atoms with E-state index in [4.69, 9.17) is 9.15 Å². The van der Waals surface area contributed by atoms with Gasteiger partial charge in [-0.05, 0) is 24.6 Å². The first-order chi connectivity index (χ1) is 11.1. The van der Waals surface area contributed by atoms with Crippen molar-refractivity contribution in [1.82, 2.24) is 4.98 Å². The molecular formula is C17H15FN2O3. The average Bonchev–Trinajstić information content (AvgIpc) is 3.04. The predicted octanol–water partition coefficient (Wildman–Crippen LogP) is 3.60. The van der Waals surface area contributed by atoms with Crippen LogP contribution in [0.2, 0.25) is 0 Å². The van der Waals surface area contributed by atoms with Gasteiger partial charge in [0.2, 0.25) is 0 Å². The Balaban J connectivity index is 2.06. The molecule has 0 bridgehead atoms. The number of fused-ring (bicyclic) bond motifs is 1. The molecule has 1 heterocycles. The number of esters is 1. The lowest BCUT2D eigenvalue weighted by Crippen LogP contribution is -2.23. The van der Waals surface area contributed by atoms with E-state index in [0.29, 0.717) is 5.52 Å². The van der Waals surface area contributed by atoms with Crippen molar-refractivity contribution >= 4 is 22.8 Å². The van der Waals surface area contributed by atoms with Crippen molar-refractivity contribution in [2.24, 2.45) is 0 Å². The molecule has 0 radical (unpaired) electrons. The molecule has 0 amide bonds. The van der Waals surface area contributed by atoms with Crippen molar-refractivity contribution in [3.8, 4) is 0 Å². The van der Waals surface area contributed by atoms with E-state index >= 15 is 0 Å². The number of anilines is 1. The van der Waals surface area contributed by atoms with Gasteiger partial charge in [-0.1, -0.05) is 24.3 Å². The molecule has 0 fully saturated rings. The third-order valence-corrected chi connectivity index (χ3v) is 3.66. The summed E-state index contributed by atoms with van der Waals surface area (Å²) in [4.78, 5) is 16.1. The molecule has 118 valence electrons. The number of carbonyl (C=O) groups excluding carboxylic acids is 1. The lowest BCUT2D eigenvalue weighted by Gasteiger charge is -2.19. The number of halogens is 1. The minimum atomic E-state index is -0.990. The van der Waals surface area contributed by atoms with Gasteiger partial charge in [-0.25, -0.2) is 14.2 Å². The second kappa shape index (κ2) is 6.08. The molecule has 23 heavy (non-hydrogen) atoms. The summed E-state index contributed by atoms with van der Waals surface area (Å²) in [5.74, 6) is -1.22. The van der Waals surface area contributed by atoms with Crippen LogP contribution in [-0.2, 0) is 9.53 Å². The molecule has 0 aliphatic rings. The summed E-state index contributed by atoms with van der Waals surface area (Å²) in [7, 11) is 1.26. The maximum atomic E-state index is 14.7. The fourth-order valence-electron chi connectivity index (χ4n) is 2.41. The summed E-state index contributed by atoms with van der Waals surface area (Å²) in [6.07, 6.45) is 1.17. The zero-order valence-electron chi connectivity index (χ0n) is 12.7. The van der Waals surface area contributed by atoms with Crippen LogP contribution in [0.3, 0.4) is 0 Å². The molecule has 0 spiro atoms. The summed E-state index contributed by atoms with van der Waals surface area (Å²) in [6.45, 7) is 1.90. The highest BCUT2D eigenvalue weighted by atomic mass is 19.1. The predicted molar refractivity (Wildman–Crippen MR) is 83.5 cm³/mol.